The van der Waals surface area contributed by atoms with Gasteiger partial charge in [0.25, 0.3) is 0 Å². The average Bonchev–Trinajstić information content (AvgIpc) is 3.17. The number of carbonyl (C=O) groups excluding carboxylic acids is 2. The van der Waals surface area contributed by atoms with Crippen molar-refractivity contribution < 1.29 is 9.59 Å². The van der Waals surface area contributed by atoms with E-state index in [4.69, 9.17) is 0 Å². The summed E-state index contributed by atoms with van der Waals surface area (Å²) in [5, 5.41) is 3.03. The first kappa shape index (κ1) is 15.7. The number of amides is 2. The van der Waals surface area contributed by atoms with E-state index >= 15 is 0 Å². The molecule has 114 valence electrons. The quantitative estimate of drug-likeness (QED) is 0.843. The van der Waals surface area contributed by atoms with Crippen molar-refractivity contribution in [3.8, 4) is 0 Å². The largest absolute Gasteiger partial charge is 0.340 e. The third kappa shape index (κ3) is 2.57. The van der Waals surface area contributed by atoms with E-state index < -0.39 is 5.54 Å². The summed E-state index contributed by atoms with van der Waals surface area (Å²) in [6, 6.07) is -0.245. The minimum Gasteiger partial charge on any atom is -0.340 e. The van der Waals surface area contributed by atoms with Gasteiger partial charge in [-0.3, -0.25) is 9.59 Å². The van der Waals surface area contributed by atoms with Gasteiger partial charge in [0.05, 0.1) is 0 Å². The molecule has 3 unspecified atom stereocenters. The first-order valence-electron chi connectivity index (χ1n) is 7.46. The molecule has 0 aromatic carbocycles. The Hall–Kier alpha value is -0.710. The van der Waals surface area contributed by atoms with Crippen LogP contribution in [0, 0.1) is 11.8 Å². The lowest BCUT2D eigenvalue weighted by Crippen LogP contribution is -2.72. The highest BCUT2D eigenvalue weighted by atomic mass is 32.2. The van der Waals surface area contributed by atoms with Gasteiger partial charge in [0.15, 0.2) is 0 Å². The molecule has 0 bridgehead atoms. The van der Waals surface area contributed by atoms with Crippen LogP contribution in [0.15, 0.2) is 0 Å². The van der Waals surface area contributed by atoms with Crippen LogP contribution < -0.4 is 5.32 Å². The van der Waals surface area contributed by atoms with Crippen molar-refractivity contribution in [2.45, 2.75) is 58.2 Å². The summed E-state index contributed by atoms with van der Waals surface area (Å²) in [6.07, 6.45) is 4.12. The second-order valence-electron chi connectivity index (χ2n) is 6.67. The Balaban J connectivity index is 2.33. The Morgan fingerprint density at radius 2 is 1.95 bits per heavy atom. The van der Waals surface area contributed by atoms with Crippen molar-refractivity contribution in [1.82, 2.24) is 10.2 Å². The average molecular weight is 298 g/mol. The summed E-state index contributed by atoms with van der Waals surface area (Å²) in [6.45, 7) is 7.97. The number of nitrogens with zero attached hydrogens (tertiary/aromatic N) is 1. The molecular formula is C15H26N2O2S. The standard InChI is InChI=1S/C15H26N2O2S/c1-9(2)12-13(18)16-15(4,11-6-7-11)14(19)17(12)10(3)8-20-5/h9-12H,6-8H2,1-5H3,(H,16,18). The zero-order valence-electron chi connectivity index (χ0n) is 13.1. The lowest BCUT2D eigenvalue weighted by atomic mass is 9.86. The van der Waals surface area contributed by atoms with Gasteiger partial charge in [0, 0.05) is 11.8 Å². The van der Waals surface area contributed by atoms with E-state index in [1.807, 2.05) is 31.9 Å². The Morgan fingerprint density at radius 3 is 2.40 bits per heavy atom. The number of hydrogen-bond donors (Lipinski definition) is 1. The zero-order chi connectivity index (χ0) is 15.1. The van der Waals surface area contributed by atoms with Gasteiger partial charge >= 0.3 is 0 Å². The Kier molecular flexibility index (Phi) is 4.38. The molecule has 1 heterocycles. The first-order valence-corrected chi connectivity index (χ1v) is 8.86. The molecule has 0 aromatic rings. The van der Waals surface area contributed by atoms with E-state index in [0.717, 1.165) is 18.6 Å². The van der Waals surface area contributed by atoms with Gasteiger partial charge < -0.3 is 10.2 Å². The van der Waals surface area contributed by atoms with Gasteiger partial charge in [-0.15, -0.1) is 0 Å². The summed E-state index contributed by atoms with van der Waals surface area (Å²) in [5.41, 5.74) is -0.685. The van der Waals surface area contributed by atoms with Crippen molar-refractivity contribution in [1.29, 1.82) is 0 Å². The third-order valence-electron chi connectivity index (χ3n) is 4.54. The van der Waals surface area contributed by atoms with Crippen LogP contribution in [0.2, 0.25) is 0 Å². The fourth-order valence-corrected chi connectivity index (χ4v) is 3.90. The van der Waals surface area contributed by atoms with Crippen molar-refractivity contribution in [2.24, 2.45) is 11.8 Å². The van der Waals surface area contributed by atoms with Crippen LogP contribution in [0.25, 0.3) is 0 Å². The molecular weight excluding hydrogens is 272 g/mol. The maximum atomic E-state index is 13.0. The fourth-order valence-electron chi connectivity index (χ4n) is 3.26. The Bertz CT molecular complexity index is 409. The number of piperazine rings is 1. The van der Waals surface area contributed by atoms with Crippen LogP contribution in [0.5, 0.6) is 0 Å². The normalized spacial score (nSPS) is 32.5. The molecule has 2 fully saturated rings. The van der Waals surface area contributed by atoms with Crippen molar-refractivity contribution >= 4 is 23.6 Å². The maximum absolute atomic E-state index is 13.0. The number of nitrogens with one attached hydrogen (secondary N) is 1. The van der Waals surface area contributed by atoms with Crippen LogP contribution >= 0.6 is 11.8 Å². The van der Waals surface area contributed by atoms with Gasteiger partial charge in [-0.2, -0.15) is 11.8 Å². The molecule has 3 atom stereocenters. The number of thioether (sulfide) groups is 1. The van der Waals surface area contributed by atoms with Gasteiger partial charge in [-0.05, 0) is 44.8 Å². The van der Waals surface area contributed by atoms with Gasteiger partial charge in [0.2, 0.25) is 11.8 Å². The van der Waals surface area contributed by atoms with Gasteiger partial charge in [-0.1, -0.05) is 13.8 Å². The molecule has 2 amide bonds. The van der Waals surface area contributed by atoms with Crippen molar-refractivity contribution in [3.05, 3.63) is 0 Å². The summed E-state index contributed by atoms with van der Waals surface area (Å²) < 4.78 is 0. The van der Waals surface area contributed by atoms with Gasteiger partial charge in [-0.25, -0.2) is 0 Å². The third-order valence-corrected chi connectivity index (χ3v) is 5.35. The smallest absolute Gasteiger partial charge is 0.249 e. The minimum absolute atomic E-state index is 0.0157. The van der Waals surface area contributed by atoms with E-state index in [-0.39, 0.29) is 29.8 Å². The molecule has 1 aliphatic carbocycles. The Morgan fingerprint density at radius 1 is 1.35 bits per heavy atom. The predicted octanol–water partition coefficient (Wildman–Crippen LogP) is 1.89. The molecule has 0 spiro atoms. The predicted molar refractivity (Wildman–Crippen MR) is 82.6 cm³/mol. The highest BCUT2D eigenvalue weighted by Crippen LogP contribution is 2.43. The first-order chi connectivity index (χ1) is 9.32. The van der Waals surface area contributed by atoms with Crippen LogP contribution in [0.3, 0.4) is 0 Å². The molecule has 1 saturated carbocycles. The summed E-state index contributed by atoms with van der Waals surface area (Å²) in [7, 11) is 0. The van der Waals surface area contributed by atoms with E-state index in [9.17, 15) is 9.59 Å². The zero-order valence-corrected chi connectivity index (χ0v) is 13.9. The summed E-state index contributed by atoms with van der Waals surface area (Å²) in [4.78, 5) is 27.4. The summed E-state index contributed by atoms with van der Waals surface area (Å²) >= 11 is 1.72. The lowest BCUT2D eigenvalue weighted by molar-refractivity contribution is -0.159. The lowest BCUT2D eigenvalue weighted by Gasteiger charge is -2.48. The SMILES string of the molecule is CSCC(C)N1C(=O)C(C)(C2CC2)NC(=O)C1C(C)C. The van der Waals surface area contributed by atoms with Crippen LogP contribution in [0.4, 0.5) is 0 Å². The van der Waals surface area contributed by atoms with Crippen LogP contribution in [-0.4, -0.2) is 46.3 Å². The van der Waals surface area contributed by atoms with E-state index in [0.29, 0.717) is 5.92 Å². The van der Waals surface area contributed by atoms with Gasteiger partial charge in [0.1, 0.15) is 11.6 Å². The molecule has 5 heteroatoms. The highest BCUT2D eigenvalue weighted by molar-refractivity contribution is 7.98. The highest BCUT2D eigenvalue weighted by Gasteiger charge is 2.56. The molecule has 2 rings (SSSR count). The second-order valence-corrected chi connectivity index (χ2v) is 7.58. The van der Waals surface area contributed by atoms with Crippen molar-refractivity contribution in [2.75, 3.05) is 12.0 Å². The molecule has 20 heavy (non-hydrogen) atoms. The molecule has 1 saturated heterocycles. The van der Waals surface area contributed by atoms with E-state index in [1.54, 1.807) is 11.8 Å². The molecule has 0 radical (unpaired) electrons. The van der Waals surface area contributed by atoms with Crippen LogP contribution in [-0.2, 0) is 9.59 Å². The molecule has 1 N–H and O–H groups in total. The molecule has 0 aromatic heterocycles. The Labute approximate surface area is 126 Å². The maximum Gasteiger partial charge on any atom is 0.249 e. The summed E-state index contributed by atoms with van der Waals surface area (Å²) in [5.74, 6) is 1.44. The molecule has 4 nitrogen and oxygen atoms in total. The fraction of sp³-hybridized carbons (Fsp3) is 0.867. The number of hydrogen-bond acceptors (Lipinski definition) is 3. The number of rotatable bonds is 5. The second kappa shape index (κ2) is 5.58. The monoisotopic (exact) mass is 298 g/mol. The topological polar surface area (TPSA) is 49.4 Å². The molecule has 2 aliphatic rings. The van der Waals surface area contributed by atoms with Crippen LogP contribution in [0.1, 0.15) is 40.5 Å². The molecule has 1 aliphatic heterocycles. The van der Waals surface area contributed by atoms with E-state index in [1.165, 1.54) is 0 Å². The van der Waals surface area contributed by atoms with Crippen molar-refractivity contribution in [3.63, 3.8) is 0 Å². The van der Waals surface area contributed by atoms with E-state index in [2.05, 4.69) is 12.2 Å². The number of carbonyl (C=O) groups is 2. The minimum atomic E-state index is -0.685.